The summed E-state index contributed by atoms with van der Waals surface area (Å²) >= 11 is 5.53. The van der Waals surface area contributed by atoms with Crippen LogP contribution in [0.4, 0.5) is 18.9 Å². The first-order chi connectivity index (χ1) is 10.2. The Balaban J connectivity index is 2.16. The highest BCUT2D eigenvalue weighted by Crippen LogP contribution is 2.36. The topological polar surface area (TPSA) is 57.8 Å². The lowest BCUT2D eigenvalue weighted by molar-refractivity contribution is -0.137. The smallest absolute Gasteiger partial charge is 0.326 e. The number of aromatic amines is 1. The number of halogens is 4. The number of amides is 1. The Kier molecular flexibility index (Phi) is 4.46. The summed E-state index contributed by atoms with van der Waals surface area (Å²) in [5, 5.41) is 8.73. The number of nitrogens with one attached hydrogen (secondary N) is 2. The molecule has 1 amide bonds. The van der Waals surface area contributed by atoms with Gasteiger partial charge in [0.05, 0.1) is 22.7 Å². The number of rotatable bonds is 3. The summed E-state index contributed by atoms with van der Waals surface area (Å²) in [6.07, 6.45) is -4.55. The van der Waals surface area contributed by atoms with E-state index >= 15 is 0 Å². The third-order valence-electron chi connectivity index (χ3n) is 3.17. The number of carbonyl (C=O) groups is 1. The Morgan fingerprint density at radius 3 is 2.59 bits per heavy atom. The fourth-order valence-electron chi connectivity index (χ4n) is 2.02. The van der Waals surface area contributed by atoms with Gasteiger partial charge in [-0.05, 0) is 32.0 Å². The zero-order valence-electron chi connectivity index (χ0n) is 11.8. The maximum atomic E-state index is 12.8. The van der Waals surface area contributed by atoms with Gasteiger partial charge in [-0.3, -0.25) is 9.89 Å². The van der Waals surface area contributed by atoms with Crippen LogP contribution in [0.2, 0.25) is 5.02 Å². The Hall–Kier alpha value is -2.02. The van der Waals surface area contributed by atoms with E-state index in [1.165, 1.54) is 6.07 Å². The van der Waals surface area contributed by atoms with E-state index in [9.17, 15) is 18.0 Å². The number of carbonyl (C=O) groups excluding carboxylic acids is 1. The monoisotopic (exact) mass is 331 g/mol. The van der Waals surface area contributed by atoms with Gasteiger partial charge in [0, 0.05) is 16.9 Å². The third kappa shape index (κ3) is 3.59. The van der Waals surface area contributed by atoms with Crippen LogP contribution < -0.4 is 5.32 Å². The average molecular weight is 332 g/mol. The average Bonchev–Trinajstić information content (AvgIpc) is 2.71. The first-order valence-corrected chi connectivity index (χ1v) is 6.73. The van der Waals surface area contributed by atoms with Crippen LogP contribution in [-0.4, -0.2) is 16.1 Å². The highest BCUT2D eigenvalue weighted by molar-refractivity contribution is 6.31. The van der Waals surface area contributed by atoms with Gasteiger partial charge in [-0.15, -0.1) is 0 Å². The molecule has 0 spiro atoms. The normalized spacial score (nSPS) is 11.5. The van der Waals surface area contributed by atoms with E-state index in [1.54, 1.807) is 13.8 Å². The fraction of sp³-hybridized carbons (Fsp3) is 0.286. The van der Waals surface area contributed by atoms with Crippen LogP contribution >= 0.6 is 11.6 Å². The molecule has 0 radical (unpaired) electrons. The van der Waals surface area contributed by atoms with Gasteiger partial charge in [-0.25, -0.2) is 0 Å². The van der Waals surface area contributed by atoms with Crippen molar-refractivity contribution in [2.45, 2.75) is 26.4 Å². The molecule has 0 unspecified atom stereocenters. The third-order valence-corrected chi connectivity index (χ3v) is 3.50. The maximum absolute atomic E-state index is 12.8. The quantitative estimate of drug-likeness (QED) is 0.896. The molecule has 0 saturated carbocycles. The van der Waals surface area contributed by atoms with Crippen LogP contribution in [0.15, 0.2) is 18.2 Å². The Labute approximate surface area is 129 Å². The lowest BCUT2D eigenvalue weighted by Crippen LogP contribution is -2.16. The number of alkyl halides is 3. The van der Waals surface area contributed by atoms with Crippen molar-refractivity contribution in [3.63, 3.8) is 0 Å². The number of hydrogen-bond donors (Lipinski definition) is 2. The summed E-state index contributed by atoms with van der Waals surface area (Å²) in [6, 6.07) is 3.24. The molecule has 0 aliphatic rings. The molecule has 0 fully saturated rings. The Morgan fingerprint density at radius 1 is 1.36 bits per heavy atom. The van der Waals surface area contributed by atoms with E-state index in [1.807, 2.05) is 0 Å². The second kappa shape index (κ2) is 6.00. The first kappa shape index (κ1) is 16.4. The molecule has 0 saturated heterocycles. The predicted octanol–water partition coefficient (Wildman–Crippen LogP) is 3.88. The minimum absolute atomic E-state index is 0.0259. The number of benzene rings is 1. The van der Waals surface area contributed by atoms with Crippen LogP contribution in [0.25, 0.3) is 0 Å². The molecule has 2 rings (SSSR count). The van der Waals surface area contributed by atoms with Gasteiger partial charge in [0.2, 0.25) is 5.91 Å². The zero-order valence-corrected chi connectivity index (χ0v) is 12.6. The molecule has 1 heterocycles. The standard InChI is InChI=1S/C14H13ClF3N3O/c1-7-10(8(2)21-20-7)6-13(22)19-9-3-4-12(15)11(5-9)14(16,17)18/h3-5H,6H2,1-2H3,(H,19,22)(H,20,21). The van der Waals surface area contributed by atoms with Gasteiger partial charge in [-0.1, -0.05) is 11.6 Å². The molecule has 0 bridgehead atoms. The molecular weight excluding hydrogens is 319 g/mol. The van der Waals surface area contributed by atoms with E-state index in [4.69, 9.17) is 11.6 Å². The number of H-pyrrole nitrogens is 1. The second-order valence-electron chi connectivity index (χ2n) is 4.83. The molecule has 118 valence electrons. The van der Waals surface area contributed by atoms with Crippen molar-refractivity contribution < 1.29 is 18.0 Å². The molecule has 22 heavy (non-hydrogen) atoms. The van der Waals surface area contributed by atoms with Crippen LogP contribution in [-0.2, 0) is 17.4 Å². The van der Waals surface area contributed by atoms with Gasteiger partial charge in [0.25, 0.3) is 0 Å². The van der Waals surface area contributed by atoms with Crippen molar-refractivity contribution in [1.29, 1.82) is 0 Å². The lowest BCUT2D eigenvalue weighted by atomic mass is 10.1. The summed E-state index contributed by atoms with van der Waals surface area (Å²) in [5.41, 5.74) is 1.21. The second-order valence-corrected chi connectivity index (χ2v) is 5.24. The molecule has 0 aliphatic carbocycles. The van der Waals surface area contributed by atoms with E-state index in [0.717, 1.165) is 23.4 Å². The SMILES string of the molecule is Cc1n[nH]c(C)c1CC(=O)Nc1ccc(Cl)c(C(F)(F)F)c1. The fourth-order valence-corrected chi connectivity index (χ4v) is 2.25. The highest BCUT2D eigenvalue weighted by atomic mass is 35.5. The van der Waals surface area contributed by atoms with Crippen molar-refractivity contribution in [3.05, 3.63) is 45.7 Å². The number of anilines is 1. The van der Waals surface area contributed by atoms with E-state index in [-0.39, 0.29) is 12.1 Å². The molecule has 1 aromatic heterocycles. The number of aryl methyl sites for hydroxylation is 2. The number of hydrogen-bond acceptors (Lipinski definition) is 2. The Bertz CT molecular complexity index is 690. The van der Waals surface area contributed by atoms with Crippen molar-refractivity contribution in [1.82, 2.24) is 10.2 Å². The molecule has 0 atom stereocenters. The van der Waals surface area contributed by atoms with Crippen molar-refractivity contribution in [3.8, 4) is 0 Å². The van der Waals surface area contributed by atoms with Crippen LogP contribution in [0.5, 0.6) is 0 Å². The van der Waals surface area contributed by atoms with Gasteiger partial charge in [-0.2, -0.15) is 18.3 Å². The molecule has 4 nitrogen and oxygen atoms in total. The van der Waals surface area contributed by atoms with E-state index < -0.39 is 22.7 Å². The van der Waals surface area contributed by atoms with Crippen LogP contribution in [0.3, 0.4) is 0 Å². The van der Waals surface area contributed by atoms with Crippen LogP contribution in [0, 0.1) is 13.8 Å². The van der Waals surface area contributed by atoms with Gasteiger partial charge in [0.1, 0.15) is 0 Å². The van der Waals surface area contributed by atoms with Gasteiger partial charge < -0.3 is 5.32 Å². The van der Waals surface area contributed by atoms with Crippen molar-refractivity contribution in [2.24, 2.45) is 0 Å². The van der Waals surface area contributed by atoms with Gasteiger partial charge in [0.15, 0.2) is 0 Å². The molecule has 0 aliphatic heterocycles. The van der Waals surface area contributed by atoms with Crippen molar-refractivity contribution in [2.75, 3.05) is 5.32 Å². The molecule has 2 N–H and O–H groups in total. The minimum atomic E-state index is -4.57. The minimum Gasteiger partial charge on any atom is -0.326 e. The van der Waals surface area contributed by atoms with E-state index in [0.29, 0.717) is 5.69 Å². The maximum Gasteiger partial charge on any atom is 0.417 e. The highest BCUT2D eigenvalue weighted by Gasteiger charge is 2.33. The van der Waals surface area contributed by atoms with Gasteiger partial charge >= 0.3 is 6.18 Å². The number of aromatic nitrogens is 2. The molecule has 1 aromatic carbocycles. The number of nitrogens with zero attached hydrogens (tertiary/aromatic N) is 1. The predicted molar refractivity (Wildman–Crippen MR) is 76.8 cm³/mol. The zero-order chi connectivity index (χ0) is 16.5. The summed E-state index contributed by atoms with van der Waals surface area (Å²) in [4.78, 5) is 12.0. The van der Waals surface area contributed by atoms with Crippen molar-refractivity contribution >= 4 is 23.2 Å². The Morgan fingerprint density at radius 2 is 2.05 bits per heavy atom. The molecular formula is C14H13ClF3N3O. The summed E-state index contributed by atoms with van der Waals surface area (Å²) in [6.45, 7) is 3.52. The molecule has 8 heteroatoms. The molecule has 2 aromatic rings. The van der Waals surface area contributed by atoms with Crippen LogP contribution in [0.1, 0.15) is 22.5 Å². The van der Waals surface area contributed by atoms with E-state index in [2.05, 4.69) is 15.5 Å². The lowest BCUT2D eigenvalue weighted by Gasteiger charge is -2.12. The summed E-state index contributed by atoms with van der Waals surface area (Å²) in [7, 11) is 0. The summed E-state index contributed by atoms with van der Waals surface area (Å²) in [5.74, 6) is -0.428. The largest absolute Gasteiger partial charge is 0.417 e. The summed E-state index contributed by atoms with van der Waals surface area (Å²) < 4.78 is 38.3. The first-order valence-electron chi connectivity index (χ1n) is 6.35.